The first kappa shape index (κ1) is 7.87. The van der Waals surface area contributed by atoms with Crippen LogP contribution in [0.25, 0.3) is 0 Å². The predicted molar refractivity (Wildman–Crippen MR) is 46.3 cm³/mol. The number of hydrogen-bond acceptors (Lipinski definition) is 0. The van der Waals surface area contributed by atoms with Crippen LogP contribution in [-0.2, 0) is 0 Å². The number of rotatable bonds is 3. The minimum absolute atomic E-state index is 0.160. The van der Waals surface area contributed by atoms with E-state index in [0.29, 0.717) is 5.92 Å². The van der Waals surface area contributed by atoms with Crippen molar-refractivity contribution in [3.8, 4) is 0 Å². The van der Waals surface area contributed by atoms with E-state index in [9.17, 15) is 0 Å². The van der Waals surface area contributed by atoms with E-state index in [-0.39, 0.29) is 5.38 Å². The fourth-order valence-electron chi connectivity index (χ4n) is 1.28. The van der Waals surface area contributed by atoms with Crippen molar-refractivity contribution in [3.05, 3.63) is 24.8 Å². The van der Waals surface area contributed by atoms with Crippen LogP contribution < -0.4 is 0 Å². The normalized spacial score (nSPS) is 26.7. The number of alkyl halides is 1. The van der Waals surface area contributed by atoms with Gasteiger partial charge in [0.05, 0.1) is 5.38 Å². The highest BCUT2D eigenvalue weighted by atomic mass is 35.5. The quantitative estimate of drug-likeness (QED) is 0.435. The topological polar surface area (TPSA) is 0 Å². The van der Waals surface area contributed by atoms with Crippen LogP contribution in [-0.4, -0.2) is 5.38 Å². The monoisotopic (exact) mass is 156 g/mol. The second-order valence-corrected chi connectivity index (χ2v) is 3.31. The molecule has 1 aliphatic rings. The van der Waals surface area contributed by atoms with Crippen molar-refractivity contribution in [1.82, 2.24) is 0 Å². The molecule has 1 rings (SSSR count). The van der Waals surface area contributed by atoms with Gasteiger partial charge in [0.15, 0.2) is 0 Å². The molecule has 0 saturated carbocycles. The Morgan fingerprint density at radius 2 is 2.60 bits per heavy atom. The van der Waals surface area contributed by atoms with E-state index in [1.54, 1.807) is 0 Å². The number of allylic oxidation sites excluding steroid dienone is 3. The summed E-state index contributed by atoms with van der Waals surface area (Å²) >= 11 is 5.89. The summed E-state index contributed by atoms with van der Waals surface area (Å²) in [6.45, 7) is 3.65. The molecule has 0 spiro atoms. The molecule has 0 aromatic heterocycles. The molecule has 1 aliphatic carbocycles. The predicted octanol–water partition coefficient (Wildman–Crippen LogP) is 3.14. The Morgan fingerprint density at radius 1 is 1.80 bits per heavy atom. The molecule has 0 bridgehead atoms. The molecule has 0 saturated heterocycles. The molecule has 0 aromatic carbocycles. The van der Waals surface area contributed by atoms with Crippen LogP contribution in [0.1, 0.15) is 19.3 Å². The molecule has 0 aliphatic heterocycles. The second kappa shape index (κ2) is 3.82. The van der Waals surface area contributed by atoms with Crippen molar-refractivity contribution < 1.29 is 0 Å². The maximum absolute atomic E-state index is 5.89. The summed E-state index contributed by atoms with van der Waals surface area (Å²) in [5.74, 6) is 0.709. The molecule has 0 N–H and O–H groups in total. The van der Waals surface area contributed by atoms with Gasteiger partial charge in [-0.2, -0.15) is 0 Å². The van der Waals surface area contributed by atoms with E-state index in [0.717, 1.165) is 6.42 Å². The summed E-state index contributed by atoms with van der Waals surface area (Å²) in [7, 11) is 0. The van der Waals surface area contributed by atoms with Crippen molar-refractivity contribution in [2.24, 2.45) is 5.92 Å². The Morgan fingerprint density at radius 3 is 3.10 bits per heavy atom. The van der Waals surface area contributed by atoms with Crippen LogP contribution >= 0.6 is 11.6 Å². The van der Waals surface area contributed by atoms with Crippen molar-refractivity contribution in [2.75, 3.05) is 0 Å². The standard InChI is InChI=1S/C9H13Cl/c1-2-9(10)7-8-5-3-4-6-8/h2-3,5,8-9H,1,4,6-7H2. The lowest BCUT2D eigenvalue weighted by Crippen LogP contribution is -2.01. The molecule has 0 amide bonds. The molecule has 56 valence electrons. The zero-order valence-electron chi connectivity index (χ0n) is 6.09. The van der Waals surface area contributed by atoms with Gasteiger partial charge in [0.25, 0.3) is 0 Å². The van der Waals surface area contributed by atoms with E-state index in [4.69, 9.17) is 11.6 Å². The Kier molecular flexibility index (Phi) is 3.01. The van der Waals surface area contributed by atoms with E-state index in [1.165, 1.54) is 12.8 Å². The highest BCUT2D eigenvalue weighted by molar-refractivity contribution is 6.21. The molecule has 0 radical (unpaired) electrons. The Labute approximate surface area is 67.6 Å². The minimum Gasteiger partial charge on any atom is -0.118 e. The van der Waals surface area contributed by atoms with Crippen LogP contribution in [0.5, 0.6) is 0 Å². The molecule has 10 heavy (non-hydrogen) atoms. The van der Waals surface area contributed by atoms with Crippen LogP contribution in [0.4, 0.5) is 0 Å². The van der Waals surface area contributed by atoms with Crippen LogP contribution in [0.2, 0.25) is 0 Å². The third-order valence-corrected chi connectivity index (χ3v) is 2.25. The second-order valence-electron chi connectivity index (χ2n) is 2.75. The summed E-state index contributed by atoms with van der Waals surface area (Å²) in [4.78, 5) is 0. The Bertz CT molecular complexity index is 138. The summed E-state index contributed by atoms with van der Waals surface area (Å²) in [6.07, 6.45) is 9.87. The van der Waals surface area contributed by atoms with Gasteiger partial charge in [-0.25, -0.2) is 0 Å². The van der Waals surface area contributed by atoms with Gasteiger partial charge in [0.2, 0.25) is 0 Å². The maximum atomic E-state index is 5.89. The fraction of sp³-hybridized carbons (Fsp3) is 0.556. The molecule has 0 heterocycles. The van der Waals surface area contributed by atoms with Crippen molar-refractivity contribution in [2.45, 2.75) is 24.6 Å². The first-order valence-corrected chi connectivity index (χ1v) is 4.20. The Balaban J connectivity index is 2.24. The third kappa shape index (κ3) is 2.18. The van der Waals surface area contributed by atoms with Gasteiger partial charge >= 0.3 is 0 Å². The molecule has 1 heteroatoms. The van der Waals surface area contributed by atoms with Gasteiger partial charge in [-0.15, -0.1) is 18.2 Å². The smallest absolute Gasteiger partial charge is 0.0519 e. The average Bonchev–Trinajstić information content (AvgIpc) is 2.40. The van der Waals surface area contributed by atoms with E-state index in [2.05, 4.69) is 18.7 Å². The summed E-state index contributed by atoms with van der Waals surface area (Å²) in [5.41, 5.74) is 0. The molecule has 0 fully saturated rings. The molecule has 0 aromatic rings. The van der Waals surface area contributed by atoms with Gasteiger partial charge in [-0.3, -0.25) is 0 Å². The molecule has 0 nitrogen and oxygen atoms in total. The zero-order valence-corrected chi connectivity index (χ0v) is 6.85. The first-order valence-electron chi connectivity index (χ1n) is 3.76. The lowest BCUT2D eigenvalue weighted by molar-refractivity contribution is 0.589. The van der Waals surface area contributed by atoms with Crippen molar-refractivity contribution in [1.29, 1.82) is 0 Å². The van der Waals surface area contributed by atoms with Gasteiger partial charge in [0, 0.05) is 0 Å². The van der Waals surface area contributed by atoms with Crippen molar-refractivity contribution in [3.63, 3.8) is 0 Å². The van der Waals surface area contributed by atoms with Crippen LogP contribution in [0.3, 0.4) is 0 Å². The fourth-order valence-corrected chi connectivity index (χ4v) is 1.51. The zero-order chi connectivity index (χ0) is 7.40. The van der Waals surface area contributed by atoms with Gasteiger partial charge in [-0.05, 0) is 25.2 Å². The number of halogens is 1. The molecular weight excluding hydrogens is 144 g/mol. The largest absolute Gasteiger partial charge is 0.118 e. The average molecular weight is 157 g/mol. The van der Waals surface area contributed by atoms with E-state index < -0.39 is 0 Å². The van der Waals surface area contributed by atoms with E-state index in [1.807, 2.05) is 6.08 Å². The van der Waals surface area contributed by atoms with Gasteiger partial charge in [-0.1, -0.05) is 18.2 Å². The SMILES string of the molecule is C=CC(Cl)CC1C=CCC1. The molecule has 2 unspecified atom stereocenters. The lowest BCUT2D eigenvalue weighted by atomic mass is 10.0. The summed E-state index contributed by atoms with van der Waals surface area (Å²) in [5, 5.41) is 0.160. The third-order valence-electron chi connectivity index (χ3n) is 1.90. The maximum Gasteiger partial charge on any atom is 0.0519 e. The van der Waals surface area contributed by atoms with Crippen LogP contribution in [0, 0.1) is 5.92 Å². The lowest BCUT2D eigenvalue weighted by Gasteiger charge is -2.08. The summed E-state index contributed by atoms with van der Waals surface area (Å²) in [6, 6.07) is 0. The summed E-state index contributed by atoms with van der Waals surface area (Å²) < 4.78 is 0. The molecular formula is C9H13Cl. The van der Waals surface area contributed by atoms with Gasteiger partial charge in [0.1, 0.15) is 0 Å². The first-order chi connectivity index (χ1) is 4.83. The molecule has 2 atom stereocenters. The van der Waals surface area contributed by atoms with Crippen LogP contribution in [0.15, 0.2) is 24.8 Å². The highest BCUT2D eigenvalue weighted by Crippen LogP contribution is 2.23. The van der Waals surface area contributed by atoms with E-state index >= 15 is 0 Å². The van der Waals surface area contributed by atoms with Crippen molar-refractivity contribution >= 4 is 11.6 Å². The number of hydrogen-bond donors (Lipinski definition) is 0. The van der Waals surface area contributed by atoms with Gasteiger partial charge < -0.3 is 0 Å². The highest BCUT2D eigenvalue weighted by Gasteiger charge is 2.11. The Hall–Kier alpha value is -0.230. The minimum atomic E-state index is 0.160.